The van der Waals surface area contributed by atoms with Crippen LogP contribution in [0.3, 0.4) is 0 Å². The lowest BCUT2D eigenvalue weighted by Crippen LogP contribution is -2.20. The van der Waals surface area contributed by atoms with Crippen LogP contribution in [-0.2, 0) is 4.79 Å². The Morgan fingerprint density at radius 2 is 1.56 bits per heavy atom. The van der Waals surface area contributed by atoms with E-state index in [1.807, 2.05) is 52.0 Å². The molecule has 5 nitrogen and oxygen atoms in total. The fraction of sp³-hybridized carbons (Fsp3) is 0.350. The van der Waals surface area contributed by atoms with Gasteiger partial charge in [0.15, 0.2) is 6.61 Å². The molecule has 0 aromatic heterocycles. The number of hydrogen-bond acceptors (Lipinski definition) is 4. The second-order valence-corrected chi connectivity index (χ2v) is 5.61. The van der Waals surface area contributed by atoms with Gasteiger partial charge in [-0.3, -0.25) is 4.79 Å². The number of benzene rings is 2. The highest BCUT2D eigenvalue weighted by Crippen LogP contribution is 2.29. The topological polar surface area (TPSA) is 56.8 Å². The van der Waals surface area contributed by atoms with E-state index >= 15 is 0 Å². The van der Waals surface area contributed by atoms with Crippen LogP contribution >= 0.6 is 0 Å². The summed E-state index contributed by atoms with van der Waals surface area (Å²) in [7, 11) is 0. The van der Waals surface area contributed by atoms with Gasteiger partial charge in [-0.2, -0.15) is 0 Å². The Morgan fingerprint density at radius 1 is 0.880 bits per heavy atom. The average molecular weight is 343 g/mol. The molecular weight excluding hydrogens is 318 g/mol. The van der Waals surface area contributed by atoms with Gasteiger partial charge < -0.3 is 19.5 Å². The minimum absolute atomic E-state index is 0.0765. The van der Waals surface area contributed by atoms with Gasteiger partial charge >= 0.3 is 0 Å². The van der Waals surface area contributed by atoms with Crippen LogP contribution in [0, 0.1) is 13.8 Å². The Labute approximate surface area is 148 Å². The fourth-order valence-electron chi connectivity index (χ4n) is 2.28. The van der Waals surface area contributed by atoms with Crippen molar-refractivity contribution in [2.45, 2.75) is 27.7 Å². The molecule has 0 saturated heterocycles. The highest BCUT2D eigenvalue weighted by molar-refractivity contribution is 5.93. The number of ether oxygens (including phenoxy) is 3. The molecule has 0 atom stereocenters. The summed E-state index contributed by atoms with van der Waals surface area (Å²) in [6.07, 6.45) is 0. The van der Waals surface area contributed by atoms with Gasteiger partial charge in [0.1, 0.15) is 17.2 Å². The molecule has 0 saturated carbocycles. The standard InChI is InChI=1S/C20H25NO4/c1-5-23-17-9-10-19(24-6-2)18(12-17)21-20(22)13-25-16-8-7-14(3)15(4)11-16/h7-12H,5-6,13H2,1-4H3,(H,21,22). The molecular formula is C20H25NO4. The number of anilines is 1. The van der Waals surface area contributed by atoms with Crippen molar-refractivity contribution >= 4 is 11.6 Å². The van der Waals surface area contributed by atoms with Crippen LogP contribution in [0.25, 0.3) is 0 Å². The predicted molar refractivity (Wildman–Crippen MR) is 98.8 cm³/mol. The van der Waals surface area contributed by atoms with Crippen LogP contribution in [0.4, 0.5) is 5.69 Å². The van der Waals surface area contributed by atoms with Crippen molar-refractivity contribution in [3.63, 3.8) is 0 Å². The largest absolute Gasteiger partial charge is 0.494 e. The smallest absolute Gasteiger partial charge is 0.262 e. The number of carbonyl (C=O) groups is 1. The summed E-state index contributed by atoms with van der Waals surface area (Å²) < 4.78 is 16.6. The molecule has 2 aromatic rings. The van der Waals surface area contributed by atoms with Crippen molar-refractivity contribution in [3.05, 3.63) is 47.5 Å². The molecule has 134 valence electrons. The van der Waals surface area contributed by atoms with E-state index in [0.717, 1.165) is 5.56 Å². The number of nitrogens with one attached hydrogen (secondary N) is 1. The number of hydrogen-bond donors (Lipinski definition) is 1. The second-order valence-electron chi connectivity index (χ2n) is 5.61. The first-order chi connectivity index (χ1) is 12.0. The van der Waals surface area contributed by atoms with Crippen LogP contribution in [0.15, 0.2) is 36.4 Å². The van der Waals surface area contributed by atoms with Crippen molar-refractivity contribution in [1.82, 2.24) is 0 Å². The Hall–Kier alpha value is -2.69. The van der Waals surface area contributed by atoms with Gasteiger partial charge in [-0.1, -0.05) is 6.07 Å². The van der Waals surface area contributed by atoms with Crippen molar-refractivity contribution in [2.75, 3.05) is 25.1 Å². The molecule has 1 amide bonds. The van der Waals surface area contributed by atoms with E-state index < -0.39 is 0 Å². The molecule has 0 bridgehead atoms. The monoisotopic (exact) mass is 343 g/mol. The minimum Gasteiger partial charge on any atom is -0.494 e. The highest BCUT2D eigenvalue weighted by atomic mass is 16.5. The number of aryl methyl sites for hydroxylation is 2. The summed E-state index contributed by atoms with van der Waals surface area (Å²) in [5.41, 5.74) is 2.88. The molecule has 1 N–H and O–H groups in total. The second kappa shape index (κ2) is 8.97. The average Bonchev–Trinajstić information content (AvgIpc) is 2.59. The lowest BCUT2D eigenvalue weighted by Gasteiger charge is -2.14. The van der Waals surface area contributed by atoms with E-state index in [4.69, 9.17) is 14.2 Å². The van der Waals surface area contributed by atoms with Crippen molar-refractivity contribution in [1.29, 1.82) is 0 Å². The summed E-state index contributed by atoms with van der Waals surface area (Å²) in [6, 6.07) is 11.1. The van der Waals surface area contributed by atoms with Crippen molar-refractivity contribution < 1.29 is 19.0 Å². The first kappa shape index (κ1) is 18.6. The first-order valence-corrected chi connectivity index (χ1v) is 8.43. The van der Waals surface area contributed by atoms with Gasteiger partial charge in [-0.05, 0) is 63.1 Å². The number of amides is 1. The SMILES string of the molecule is CCOc1ccc(OCC)c(NC(=O)COc2ccc(C)c(C)c2)c1. The lowest BCUT2D eigenvalue weighted by molar-refractivity contribution is -0.118. The van der Waals surface area contributed by atoms with Gasteiger partial charge in [-0.15, -0.1) is 0 Å². The van der Waals surface area contributed by atoms with Crippen LogP contribution in [0.1, 0.15) is 25.0 Å². The molecule has 0 radical (unpaired) electrons. The maximum absolute atomic E-state index is 12.2. The Morgan fingerprint density at radius 3 is 2.24 bits per heavy atom. The Kier molecular flexibility index (Phi) is 6.69. The van der Waals surface area contributed by atoms with E-state index in [9.17, 15) is 4.79 Å². The molecule has 0 heterocycles. The maximum Gasteiger partial charge on any atom is 0.262 e. The summed E-state index contributed by atoms with van der Waals surface area (Å²) in [5, 5.41) is 2.82. The minimum atomic E-state index is -0.257. The third kappa shape index (κ3) is 5.41. The Bertz CT molecular complexity index is 728. The maximum atomic E-state index is 12.2. The van der Waals surface area contributed by atoms with E-state index in [2.05, 4.69) is 5.32 Å². The fourth-order valence-corrected chi connectivity index (χ4v) is 2.28. The Balaban J connectivity index is 2.02. The number of rotatable bonds is 8. The highest BCUT2D eigenvalue weighted by Gasteiger charge is 2.11. The van der Waals surface area contributed by atoms with Gasteiger partial charge in [-0.25, -0.2) is 0 Å². The molecule has 25 heavy (non-hydrogen) atoms. The normalized spacial score (nSPS) is 10.2. The van der Waals surface area contributed by atoms with Crippen molar-refractivity contribution in [3.8, 4) is 17.2 Å². The molecule has 2 rings (SSSR count). The zero-order valence-electron chi connectivity index (χ0n) is 15.2. The third-order valence-corrected chi connectivity index (χ3v) is 3.68. The van der Waals surface area contributed by atoms with Crippen molar-refractivity contribution in [2.24, 2.45) is 0 Å². The lowest BCUT2D eigenvalue weighted by atomic mass is 10.1. The molecule has 0 fully saturated rings. The van der Waals surface area contributed by atoms with Crippen LogP contribution < -0.4 is 19.5 Å². The summed E-state index contributed by atoms with van der Waals surface area (Å²) in [6.45, 7) is 8.83. The molecule has 0 unspecified atom stereocenters. The third-order valence-electron chi connectivity index (χ3n) is 3.68. The van der Waals surface area contributed by atoms with E-state index in [0.29, 0.717) is 36.1 Å². The first-order valence-electron chi connectivity index (χ1n) is 8.43. The predicted octanol–water partition coefficient (Wildman–Crippen LogP) is 4.12. The zero-order valence-corrected chi connectivity index (χ0v) is 15.2. The summed E-state index contributed by atoms with van der Waals surface area (Å²) in [4.78, 5) is 12.2. The van der Waals surface area contributed by atoms with Gasteiger partial charge in [0.25, 0.3) is 5.91 Å². The molecule has 2 aromatic carbocycles. The van der Waals surface area contributed by atoms with E-state index in [1.165, 1.54) is 5.56 Å². The molecule has 0 aliphatic carbocycles. The van der Waals surface area contributed by atoms with Crippen LogP contribution in [-0.4, -0.2) is 25.7 Å². The zero-order chi connectivity index (χ0) is 18.2. The van der Waals surface area contributed by atoms with Gasteiger partial charge in [0.2, 0.25) is 0 Å². The quantitative estimate of drug-likeness (QED) is 0.783. The number of carbonyl (C=O) groups excluding carboxylic acids is 1. The van der Waals surface area contributed by atoms with E-state index in [-0.39, 0.29) is 12.5 Å². The molecule has 0 spiro atoms. The van der Waals surface area contributed by atoms with Gasteiger partial charge in [0.05, 0.1) is 18.9 Å². The summed E-state index contributed by atoms with van der Waals surface area (Å²) >= 11 is 0. The van der Waals surface area contributed by atoms with Crippen LogP contribution in [0.2, 0.25) is 0 Å². The summed E-state index contributed by atoms with van der Waals surface area (Å²) in [5.74, 6) is 1.70. The van der Waals surface area contributed by atoms with Gasteiger partial charge in [0, 0.05) is 6.07 Å². The molecule has 0 aliphatic heterocycles. The van der Waals surface area contributed by atoms with E-state index in [1.54, 1.807) is 12.1 Å². The molecule has 5 heteroatoms. The molecule has 0 aliphatic rings. The van der Waals surface area contributed by atoms with Crippen LogP contribution in [0.5, 0.6) is 17.2 Å².